The molecule has 1 N–H and O–H groups in total. The molecule has 0 bridgehead atoms. The van der Waals surface area contributed by atoms with Crippen molar-refractivity contribution in [2.24, 2.45) is 5.10 Å². The molecule has 3 heteroatoms. The molecule has 128 valence electrons. The number of nitrogens with one attached hydrogen (secondary N) is 1. The molecule has 0 radical (unpaired) electrons. The van der Waals surface area contributed by atoms with Crippen LogP contribution in [0.3, 0.4) is 0 Å². The van der Waals surface area contributed by atoms with Crippen LogP contribution < -0.4 is 5.43 Å². The minimum atomic E-state index is -0.0586. The summed E-state index contributed by atoms with van der Waals surface area (Å²) in [5.41, 5.74) is 4.73. The van der Waals surface area contributed by atoms with Crippen molar-refractivity contribution in [2.75, 3.05) is 0 Å². The Labute approximate surface area is 145 Å². The molecule has 0 aromatic heterocycles. The zero-order valence-corrected chi connectivity index (χ0v) is 14.8. The van der Waals surface area contributed by atoms with Crippen LogP contribution in [0, 0.1) is 0 Å². The number of carbonyl (C=O) groups excluding carboxylic acids is 1. The van der Waals surface area contributed by atoms with Crippen LogP contribution in [-0.2, 0) is 11.2 Å². The third-order valence-corrected chi connectivity index (χ3v) is 4.24. The first kappa shape index (κ1) is 18.2. The molecule has 1 amide bonds. The lowest BCUT2D eigenvalue weighted by molar-refractivity contribution is -0.120. The lowest BCUT2D eigenvalue weighted by Crippen LogP contribution is -2.21. The molecule has 0 fully saturated rings. The van der Waals surface area contributed by atoms with E-state index in [9.17, 15) is 4.79 Å². The van der Waals surface area contributed by atoms with Gasteiger partial charge in [-0.15, -0.1) is 0 Å². The molecular weight excluding hydrogens is 296 g/mol. The van der Waals surface area contributed by atoms with Crippen molar-refractivity contribution >= 4 is 22.4 Å². The van der Waals surface area contributed by atoms with Crippen molar-refractivity contribution in [2.45, 2.75) is 58.8 Å². The van der Waals surface area contributed by atoms with Gasteiger partial charge in [0.15, 0.2) is 0 Å². The number of carbonyl (C=O) groups is 1. The molecule has 24 heavy (non-hydrogen) atoms. The summed E-state index contributed by atoms with van der Waals surface area (Å²) < 4.78 is 0. The van der Waals surface area contributed by atoms with Gasteiger partial charge in [-0.3, -0.25) is 4.79 Å². The predicted molar refractivity (Wildman–Crippen MR) is 102 cm³/mol. The van der Waals surface area contributed by atoms with Gasteiger partial charge >= 0.3 is 0 Å². The van der Waals surface area contributed by atoms with Gasteiger partial charge in [0.1, 0.15) is 0 Å². The van der Waals surface area contributed by atoms with E-state index in [-0.39, 0.29) is 5.91 Å². The normalized spacial score (nSPS) is 11.7. The van der Waals surface area contributed by atoms with Gasteiger partial charge in [0, 0.05) is 5.71 Å². The van der Waals surface area contributed by atoms with Gasteiger partial charge in [0.05, 0.1) is 6.42 Å². The van der Waals surface area contributed by atoms with E-state index in [1.807, 2.05) is 31.2 Å². The SMILES string of the molecule is CCCCCCC/C(C)=N\NC(=O)Cc1cccc2ccccc12. The molecule has 0 heterocycles. The van der Waals surface area contributed by atoms with Crippen LogP contribution in [0.4, 0.5) is 0 Å². The molecule has 2 aromatic rings. The monoisotopic (exact) mass is 324 g/mol. The molecular formula is C21H28N2O. The molecule has 0 saturated carbocycles. The van der Waals surface area contributed by atoms with Gasteiger partial charge in [-0.1, -0.05) is 75.1 Å². The third-order valence-electron chi connectivity index (χ3n) is 4.24. The highest BCUT2D eigenvalue weighted by molar-refractivity contribution is 5.91. The van der Waals surface area contributed by atoms with E-state index in [1.54, 1.807) is 0 Å². The van der Waals surface area contributed by atoms with Gasteiger partial charge in [-0.25, -0.2) is 5.43 Å². The van der Waals surface area contributed by atoms with E-state index in [4.69, 9.17) is 0 Å². The molecule has 2 rings (SSSR count). The second kappa shape index (κ2) is 9.86. The molecule has 0 aliphatic rings. The largest absolute Gasteiger partial charge is 0.273 e. The van der Waals surface area contributed by atoms with Crippen LogP contribution in [0.15, 0.2) is 47.6 Å². The van der Waals surface area contributed by atoms with Crippen LogP contribution in [0.5, 0.6) is 0 Å². The molecule has 3 nitrogen and oxygen atoms in total. The van der Waals surface area contributed by atoms with Crippen molar-refractivity contribution in [1.82, 2.24) is 5.43 Å². The van der Waals surface area contributed by atoms with Crippen LogP contribution >= 0.6 is 0 Å². The number of hydrogen-bond donors (Lipinski definition) is 1. The molecule has 0 atom stereocenters. The first-order valence-corrected chi connectivity index (χ1v) is 8.99. The first-order valence-electron chi connectivity index (χ1n) is 8.99. The third kappa shape index (κ3) is 5.80. The van der Waals surface area contributed by atoms with Crippen LogP contribution in [0.2, 0.25) is 0 Å². The summed E-state index contributed by atoms with van der Waals surface area (Å²) in [4.78, 5) is 12.2. The number of nitrogens with zero attached hydrogens (tertiary/aromatic N) is 1. The number of hydrazone groups is 1. The van der Waals surface area contributed by atoms with Crippen molar-refractivity contribution in [1.29, 1.82) is 0 Å². The molecule has 0 aliphatic carbocycles. The topological polar surface area (TPSA) is 41.5 Å². The summed E-state index contributed by atoms with van der Waals surface area (Å²) in [7, 11) is 0. The van der Waals surface area contributed by atoms with E-state index < -0.39 is 0 Å². The maximum atomic E-state index is 12.2. The van der Waals surface area contributed by atoms with Gasteiger partial charge in [0.2, 0.25) is 5.91 Å². The first-order chi connectivity index (χ1) is 11.7. The quantitative estimate of drug-likeness (QED) is 0.383. The Morgan fingerprint density at radius 2 is 1.75 bits per heavy atom. The van der Waals surface area contributed by atoms with E-state index in [2.05, 4.69) is 35.7 Å². The van der Waals surface area contributed by atoms with Gasteiger partial charge in [-0.2, -0.15) is 5.10 Å². The maximum Gasteiger partial charge on any atom is 0.244 e. The van der Waals surface area contributed by atoms with Gasteiger partial charge < -0.3 is 0 Å². The minimum Gasteiger partial charge on any atom is -0.273 e. The lowest BCUT2D eigenvalue weighted by atomic mass is 10.0. The Hall–Kier alpha value is -2.16. The zero-order valence-electron chi connectivity index (χ0n) is 14.8. The summed E-state index contributed by atoms with van der Waals surface area (Å²) in [5.74, 6) is -0.0586. The highest BCUT2D eigenvalue weighted by Crippen LogP contribution is 2.18. The van der Waals surface area contributed by atoms with Crippen molar-refractivity contribution in [3.8, 4) is 0 Å². The average molecular weight is 324 g/mol. The number of unbranched alkanes of at least 4 members (excludes halogenated alkanes) is 4. The van der Waals surface area contributed by atoms with E-state index >= 15 is 0 Å². The lowest BCUT2D eigenvalue weighted by Gasteiger charge is -2.06. The van der Waals surface area contributed by atoms with Crippen LogP contribution in [-0.4, -0.2) is 11.6 Å². The van der Waals surface area contributed by atoms with Crippen molar-refractivity contribution in [3.05, 3.63) is 48.0 Å². The fraction of sp³-hybridized carbons (Fsp3) is 0.429. The second-order valence-corrected chi connectivity index (χ2v) is 6.36. The van der Waals surface area contributed by atoms with Crippen LogP contribution in [0.25, 0.3) is 10.8 Å². The van der Waals surface area contributed by atoms with Gasteiger partial charge in [-0.05, 0) is 36.1 Å². The number of benzene rings is 2. The predicted octanol–water partition coefficient (Wildman–Crippen LogP) is 5.23. The highest BCUT2D eigenvalue weighted by Gasteiger charge is 2.06. The van der Waals surface area contributed by atoms with Crippen molar-refractivity contribution in [3.63, 3.8) is 0 Å². The van der Waals surface area contributed by atoms with Gasteiger partial charge in [0.25, 0.3) is 0 Å². The smallest absolute Gasteiger partial charge is 0.244 e. The number of amides is 1. The number of rotatable bonds is 9. The second-order valence-electron chi connectivity index (χ2n) is 6.36. The van der Waals surface area contributed by atoms with E-state index in [0.29, 0.717) is 6.42 Å². The number of fused-ring (bicyclic) bond motifs is 1. The summed E-state index contributed by atoms with van der Waals surface area (Å²) in [6.45, 7) is 4.20. The molecule has 0 aliphatic heterocycles. The Morgan fingerprint density at radius 1 is 1.00 bits per heavy atom. The van der Waals surface area contributed by atoms with Crippen LogP contribution in [0.1, 0.15) is 57.9 Å². The Morgan fingerprint density at radius 3 is 2.58 bits per heavy atom. The zero-order chi connectivity index (χ0) is 17.2. The van der Waals surface area contributed by atoms with Crippen molar-refractivity contribution < 1.29 is 4.79 Å². The fourth-order valence-corrected chi connectivity index (χ4v) is 2.86. The van der Waals surface area contributed by atoms with E-state index in [1.165, 1.54) is 25.7 Å². The molecule has 0 unspecified atom stereocenters. The highest BCUT2D eigenvalue weighted by atomic mass is 16.2. The average Bonchev–Trinajstić information content (AvgIpc) is 2.60. The maximum absolute atomic E-state index is 12.2. The Balaban J connectivity index is 1.83. The number of hydrogen-bond acceptors (Lipinski definition) is 2. The fourth-order valence-electron chi connectivity index (χ4n) is 2.86. The molecule has 0 saturated heterocycles. The summed E-state index contributed by atoms with van der Waals surface area (Å²) in [5, 5.41) is 6.53. The summed E-state index contributed by atoms with van der Waals surface area (Å²) in [6, 6.07) is 14.2. The molecule has 2 aromatic carbocycles. The van der Waals surface area contributed by atoms with E-state index in [0.717, 1.165) is 34.9 Å². The standard InChI is InChI=1S/C21H28N2O/c1-3-4-5-6-7-11-17(2)22-23-21(24)16-19-14-10-13-18-12-8-9-15-20(18)19/h8-10,12-15H,3-7,11,16H2,1-2H3,(H,23,24)/b22-17-. The Bertz CT molecular complexity index is 686. The molecule has 0 spiro atoms. The minimum absolute atomic E-state index is 0.0586. The summed E-state index contributed by atoms with van der Waals surface area (Å²) >= 11 is 0. The Kier molecular flexibility index (Phi) is 7.47. The summed E-state index contributed by atoms with van der Waals surface area (Å²) in [6.07, 6.45) is 7.55.